The number of carboxylic acid groups (broad SMARTS) is 1. The fraction of sp³-hybridized carbons (Fsp3) is 0.833. The van der Waals surface area contributed by atoms with E-state index in [-0.39, 0.29) is 12.3 Å². The summed E-state index contributed by atoms with van der Waals surface area (Å²) in [4.78, 5) is 21.6. The van der Waals surface area contributed by atoms with Crippen LogP contribution >= 0.6 is 0 Å². The first kappa shape index (κ1) is 13.0. The number of hydrogen-bond donors (Lipinski definition) is 2. The maximum absolute atomic E-state index is 11.4. The van der Waals surface area contributed by atoms with Crippen molar-refractivity contribution in [3.8, 4) is 0 Å². The Morgan fingerprint density at radius 3 is 2.62 bits per heavy atom. The molecular formula is C12H21NO3. The molecule has 1 saturated carbocycles. The van der Waals surface area contributed by atoms with Gasteiger partial charge in [-0.3, -0.25) is 9.59 Å². The van der Waals surface area contributed by atoms with Gasteiger partial charge in [0.1, 0.15) is 0 Å². The van der Waals surface area contributed by atoms with Crippen molar-refractivity contribution in [3.05, 3.63) is 0 Å². The van der Waals surface area contributed by atoms with Crippen molar-refractivity contribution in [3.63, 3.8) is 0 Å². The second-order valence-corrected chi connectivity index (χ2v) is 4.84. The second kappa shape index (κ2) is 6.51. The minimum atomic E-state index is -0.836. The molecule has 92 valence electrons. The fourth-order valence-electron chi connectivity index (χ4n) is 2.26. The molecule has 4 nitrogen and oxygen atoms in total. The van der Waals surface area contributed by atoms with E-state index in [9.17, 15) is 9.59 Å². The first-order chi connectivity index (χ1) is 7.58. The Kier molecular flexibility index (Phi) is 5.29. The van der Waals surface area contributed by atoms with E-state index in [0.29, 0.717) is 18.8 Å². The molecule has 0 heterocycles. The average molecular weight is 227 g/mol. The van der Waals surface area contributed by atoms with Crippen molar-refractivity contribution in [1.29, 1.82) is 0 Å². The lowest BCUT2D eigenvalue weighted by Crippen LogP contribution is -2.28. The molecule has 0 radical (unpaired) electrons. The number of carbonyl (C=O) groups is 2. The molecule has 0 aromatic rings. The number of aliphatic carboxylic acids is 1. The maximum atomic E-state index is 11.4. The Labute approximate surface area is 96.4 Å². The molecule has 2 unspecified atom stereocenters. The van der Waals surface area contributed by atoms with E-state index >= 15 is 0 Å². The van der Waals surface area contributed by atoms with E-state index in [1.54, 1.807) is 0 Å². The highest BCUT2D eigenvalue weighted by Crippen LogP contribution is 2.29. The van der Waals surface area contributed by atoms with E-state index < -0.39 is 5.97 Å². The molecule has 0 saturated heterocycles. The molecule has 0 spiro atoms. The lowest BCUT2D eigenvalue weighted by atomic mass is 10.1. The largest absolute Gasteiger partial charge is 0.481 e. The Morgan fingerprint density at radius 2 is 2.06 bits per heavy atom. The number of carboxylic acids is 1. The lowest BCUT2D eigenvalue weighted by Gasteiger charge is -2.10. The second-order valence-electron chi connectivity index (χ2n) is 4.84. The highest BCUT2D eigenvalue weighted by atomic mass is 16.4. The van der Waals surface area contributed by atoms with Crippen LogP contribution in [0.1, 0.15) is 45.4 Å². The third-order valence-corrected chi connectivity index (χ3v) is 3.19. The van der Waals surface area contributed by atoms with Crippen LogP contribution in [0.25, 0.3) is 0 Å². The molecule has 0 aromatic heterocycles. The lowest BCUT2D eigenvalue weighted by molar-refractivity contribution is -0.137. The fourth-order valence-corrected chi connectivity index (χ4v) is 2.26. The summed E-state index contributed by atoms with van der Waals surface area (Å²) in [6.45, 7) is 3.00. The molecule has 4 heteroatoms. The Hall–Kier alpha value is -1.06. The zero-order valence-corrected chi connectivity index (χ0v) is 9.87. The molecule has 0 bridgehead atoms. The third-order valence-electron chi connectivity index (χ3n) is 3.19. The van der Waals surface area contributed by atoms with Crippen LogP contribution in [-0.2, 0) is 9.59 Å². The van der Waals surface area contributed by atoms with Crippen LogP contribution in [0.2, 0.25) is 0 Å². The van der Waals surface area contributed by atoms with Gasteiger partial charge in [-0.05, 0) is 31.1 Å². The van der Waals surface area contributed by atoms with Gasteiger partial charge in [0.05, 0.1) is 0 Å². The molecule has 1 fully saturated rings. The van der Waals surface area contributed by atoms with Crippen molar-refractivity contribution in [2.75, 3.05) is 6.54 Å². The van der Waals surface area contributed by atoms with Gasteiger partial charge in [-0.15, -0.1) is 0 Å². The summed E-state index contributed by atoms with van der Waals surface area (Å²) in [5.74, 6) is 0.561. The molecule has 1 aliphatic carbocycles. The summed E-state index contributed by atoms with van der Waals surface area (Å²) < 4.78 is 0. The molecule has 2 N–H and O–H groups in total. The van der Waals surface area contributed by atoms with Crippen LogP contribution in [-0.4, -0.2) is 23.5 Å². The number of rotatable bonds is 6. The summed E-state index contributed by atoms with van der Waals surface area (Å²) in [6.07, 6.45) is 4.51. The Morgan fingerprint density at radius 1 is 1.31 bits per heavy atom. The SMILES string of the molecule is CC1CCC(CNC(=O)CCCC(=O)O)C1. The monoisotopic (exact) mass is 227 g/mol. The van der Waals surface area contributed by atoms with Gasteiger partial charge in [-0.25, -0.2) is 0 Å². The van der Waals surface area contributed by atoms with Crippen molar-refractivity contribution >= 4 is 11.9 Å². The zero-order valence-electron chi connectivity index (χ0n) is 9.87. The van der Waals surface area contributed by atoms with Crippen LogP contribution in [0.5, 0.6) is 0 Å². The smallest absolute Gasteiger partial charge is 0.303 e. The van der Waals surface area contributed by atoms with Crippen LogP contribution in [0.3, 0.4) is 0 Å². The van der Waals surface area contributed by atoms with Gasteiger partial charge in [0.15, 0.2) is 0 Å². The molecular weight excluding hydrogens is 206 g/mol. The number of carbonyl (C=O) groups excluding carboxylic acids is 1. The molecule has 16 heavy (non-hydrogen) atoms. The van der Waals surface area contributed by atoms with Gasteiger partial charge in [0, 0.05) is 19.4 Å². The van der Waals surface area contributed by atoms with Crippen molar-refractivity contribution in [2.45, 2.75) is 45.4 Å². The molecule has 0 aliphatic heterocycles. The zero-order chi connectivity index (χ0) is 12.0. The number of amides is 1. The van der Waals surface area contributed by atoms with Crippen LogP contribution in [0, 0.1) is 11.8 Å². The van der Waals surface area contributed by atoms with Gasteiger partial charge in [0.2, 0.25) is 5.91 Å². The normalized spacial score (nSPS) is 24.3. The predicted molar refractivity (Wildman–Crippen MR) is 61.0 cm³/mol. The molecule has 0 aromatic carbocycles. The first-order valence-corrected chi connectivity index (χ1v) is 6.06. The standard InChI is InChI=1S/C12H21NO3/c1-9-5-6-10(7-9)8-13-11(14)3-2-4-12(15)16/h9-10H,2-8H2,1H3,(H,13,14)(H,15,16). The van der Waals surface area contributed by atoms with Crippen molar-refractivity contribution in [2.24, 2.45) is 11.8 Å². The summed E-state index contributed by atoms with van der Waals surface area (Å²) in [6, 6.07) is 0. The van der Waals surface area contributed by atoms with E-state index in [2.05, 4.69) is 12.2 Å². The van der Waals surface area contributed by atoms with E-state index in [0.717, 1.165) is 12.5 Å². The van der Waals surface area contributed by atoms with Gasteiger partial charge in [-0.2, -0.15) is 0 Å². The number of nitrogens with one attached hydrogen (secondary N) is 1. The minimum absolute atomic E-state index is 0.0131. The van der Waals surface area contributed by atoms with Crippen LogP contribution < -0.4 is 5.32 Å². The summed E-state index contributed by atoms with van der Waals surface area (Å²) >= 11 is 0. The van der Waals surface area contributed by atoms with E-state index in [4.69, 9.17) is 5.11 Å². The van der Waals surface area contributed by atoms with Gasteiger partial charge >= 0.3 is 5.97 Å². The maximum Gasteiger partial charge on any atom is 0.303 e. The third kappa shape index (κ3) is 5.14. The minimum Gasteiger partial charge on any atom is -0.481 e. The summed E-state index contributed by atoms with van der Waals surface area (Å²) in [7, 11) is 0. The molecule has 2 atom stereocenters. The predicted octanol–water partition coefficient (Wildman–Crippen LogP) is 1.79. The van der Waals surface area contributed by atoms with Crippen LogP contribution in [0.15, 0.2) is 0 Å². The Bertz CT molecular complexity index is 253. The first-order valence-electron chi connectivity index (χ1n) is 6.06. The van der Waals surface area contributed by atoms with E-state index in [1.807, 2.05) is 0 Å². The van der Waals surface area contributed by atoms with Gasteiger partial charge in [0.25, 0.3) is 0 Å². The molecule has 1 aliphatic rings. The Balaban J connectivity index is 2.04. The van der Waals surface area contributed by atoms with Gasteiger partial charge in [-0.1, -0.05) is 13.3 Å². The van der Waals surface area contributed by atoms with Crippen LogP contribution in [0.4, 0.5) is 0 Å². The average Bonchev–Trinajstić information content (AvgIpc) is 2.61. The highest BCUT2D eigenvalue weighted by Gasteiger charge is 2.21. The summed E-state index contributed by atoms with van der Waals surface area (Å²) in [5.41, 5.74) is 0. The molecule has 1 amide bonds. The topological polar surface area (TPSA) is 66.4 Å². The quantitative estimate of drug-likeness (QED) is 0.727. The molecule has 1 rings (SSSR count). The number of hydrogen-bond acceptors (Lipinski definition) is 2. The summed E-state index contributed by atoms with van der Waals surface area (Å²) in [5, 5.41) is 11.3. The van der Waals surface area contributed by atoms with Crippen molar-refractivity contribution in [1.82, 2.24) is 5.32 Å². The van der Waals surface area contributed by atoms with E-state index in [1.165, 1.54) is 19.3 Å². The highest BCUT2D eigenvalue weighted by molar-refractivity contribution is 5.76. The van der Waals surface area contributed by atoms with Gasteiger partial charge < -0.3 is 10.4 Å². The van der Waals surface area contributed by atoms with Crippen molar-refractivity contribution < 1.29 is 14.7 Å².